The summed E-state index contributed by atoms with van der Waals surface area (Å²) in [4.78, 5) is 0. The first-order valence-electron chi connectivity index (χ1n) is 6.33. The predicted molar refractivity (Wildman–Crippen MR) is 70.0 cm³/mol. The van der Waals surface area contributed by atoms with Gasteiger partial charge in [0.1, 0.15) is 5.82 Å². The van der Waals surface area contributed by atoms with Gasteiger partial charge in [-0.1, -0.05) is 42.5 Å². The third kappa shape index (κ3) is 3.83. The highest BCUT2D eigenvalue weighted by atomic mass is 19.4. The summed E-state index contributed by atoms with van der Waals surface area (Å²) in [5, 5.41) is 0. The Morgan fingerprint density at radius 2 is 1.60 bits per heavy atom. The summed E-state index contributed by atoms with van der Waals surface area (Å²) in [6.45, 7) is 0. The SMILES string of the molecule is Fc1cccc([C@@H](CCc2ccccc2)C(F)(F)F)c1. The van der Waals surface area contributed by atoms with E-state index in [0.29, 0.717) is 6.42 Å². The lowest BCUT2D eigenvalue weighted by atomic mass is 9.92. The van der Waals surface area contributed by atoms with Crippen molar-refractivity contribution in [3.05, 3.63) is 71.5 Å². The quantitative estimate of drug-likeness (QED) is 0.684. The molecule has 2 aromatic carbocycles. The van der Waals surface area contributed by atoms with Gasteiger partial charge in [-0.15, -0.1) is 0 Å². The van der Waals surface area contributed by atoms with Crippen LogP contribution in [0.15, 0.2) is 54.6 Å². The molecule has 106 valence electrons. The van der Waals surface area contributed by atoms with Crippen LogP contribution < -0.4 is 0 Å². The maximum Gasteiger partial charge on any atom is 0.395 e. The number of hydrogen-bond donors (Lipinski definition) is 0. The summed E-state index contributed by atoms with van der Waals surface area (Å²) >= 11 is 0. The van der Waals surface area contributed by atoms with Crippen molar-refractivity contribution in [2.75, 3.05) is 0 Å². The van der Waals surface area contributed by atoms with Crippen LogP contribution in [0.1, 0.15) is 23.5 Å². The van der Waals surface area contributed by atoms with Gasteiger partial charge in [-0.05, 0) is 36.1 Å². The summed E-state index contributed by atoms with van der Waals surface area (Å²) < 4.78 is 52.5. The molecule has 0 N–H and O–H groups in total. The lowest BCUT2D eigenvalue weighted by Crippen LogP contribution is -2.21. The van der Waals surface area contributed by atoms with E-state index in [1.165, 1.54) is 12.1 Å². The minimum atomic E-state index is -4.37. The van der Waals surface area contributed by atoms with E-state index in [1.807, 2.05) is 6.07 Å². The van der Waals surface area contributed by atoms with Gasteiger partial charge in [-0.3, -0.25) is 0 Å². The van der Waals surface area contributed by atoms with Crippen LogP contribution >= 0.6 is 0 Å². The maximum atomic E-state index is 13.1. The monoisotopic (exact) mass is 282 g/mol. The second-order valence-electron chi connectivity index (χ2n) is 4.67. The number of halogens is 4. The minimum Gasteiger partial charge on any atom is -0.207 e. The van der Waals surface area contributed by atoms with Gasteiger partial charge in [0.2, 0.25) is 0 Å². The predicted octanol–water partition coefficient (Wildman–Crippen LogP) is 5.10. The van der Waals surface area contributed by atoms with E-state index in [4.69, 9.17) is 0 Å². The molecule has 0 aliphatic carbocycles. The summed E-state index contributed by atoms with van der Waals surface area (Å²) in [5.74, 6) is -2.28. The Hall–Kier alpha value is -1.84. The van der Waals surface area contributed by atoms with Crippen molar-refractivity contribution < 1.29 is 17.6 Å². The molecular weight excluding hydrogens is 268 g/mol. The van der Waals surface area contributed by atoms with E-state index in [0.717, 1.165) is 17.7 Å². The van der Waals surface area contributed by atoms with Crippen LogP contribution in [0.3, 0.4) is 0 Å². The summed E-state index contributed by atoms with van der Waals surface area (Å²) in [7, 11) is 0. The van der Waals surface area contributed by atoms with Gasteiger partial charge in [-0.25, -0.2) is 4.39 Å². The number of alkyl halides is 3. The van der Waals surface area contributed by atoms with Gasteiger partial charge >= 0.3 is 6.18 Å². The molecule has 0 aliphatic rings. The molecular formula is C16H14F4. The van der Waals surface area contributed by atoms with Gasteiger partial charge in [0.25, 0.3) is 0 Å². The fourth-order valence-electron chi connectivity index (χ4n) is 2.20. The molecule has 0 saturated carbocycles. The Labute approximate surface area is 115 Å². The average molecular weight is 282 g/mol. The third-order valence-electron chi connectivity index (χ3n) is 3.21. The molecule has 1 atom stereocenters. The molecule has 0 fully saturated rings. The molecule has 0 heterocycles. The number of aryl methyl sites for hydroxylation is 1. The van der Waals surface area contributed by atoms with Crippen molar-refractivity contribution in [1.82, 2.24) is 0 Å². The van der Waals surface area contributed by atoms with Crippen molar-refractivity contribution >= 4 is 0 Å². The zero-order chi connectivity index (χ0) is 14.6. The van der Waals surface area contributed by atoms with Gasteiger partial charge in [0.15, 0.2) is 0 Å². The van der Waals surface area contributed by atoms with E-state index in [1.54, 1.807) is 24.3 Å². The molecule has 20 heavy (non-hydrogen) atoms. The Kier molecular flexibility index (Phi) is 4.42. The number of benzene rings is 2. The van der Waals surface area contributed by atoms with E-state index in [2.05, 4.69) is 0 Å². The van der Waals surface area contributed by atoms with Crippen molar-refractivity contribution in [3.63, 3.8) is 0 Å². The van der Waals surface area contributed by atoms with Crippen LogP contribution in [0, 0.1) is 5.82 Å². The normalized spacial score (nSPS) is 13.2. The molecule has 0 aromatic heterocycles. The minimum absolute atomic E-state index is 0.0200. The average Bonchev–Trinajstić information content (AvgIpc) is 2.39. The summed E-state index contributed by atoms with van der Waals surface area (Å²) in [6, 6.07) is 13.7. The topological polar surface area (TPSA) is 0 Å². The molecule has 0 nitrogen and oxygen atoms in total. The zero-order valence-electron chi connectivity index (χ0n) is 10.7. The molecule has 0 saturated heterocycles. The molecule has 0 radical (unpaired) electrons. The molecule has 0 spiro atoms. The first-order chi connectivity index (χ1) is 9.47. The van der Waals surface area contributed by atoms with Crippen molar-refractivity contribution in [2.24, 2.45) is 0 Å². The van der Waals surface area contributed by atoms with Crippen LogP contribution in [-0.4, -0.2) is 6.18 Å². The maximum absolute atomic E-state index is 13.1. The van der Waals surface area contributed by atoms with Gasteiger partial charge < -0.3 is 0 Å². The highest BCUT2D eigenvalue weighted by molar-refractivity contribution is 5.23. The van der Waals surface area contributed by atoms with Crippen molar-refractivity contribution in [3.8, 4) is 0 Å². The third-order valence-corrected chi connectivity index (χ3v) is 3.21. The van der Waals surface area contributed by atoms with Crippen LogP contribution in [0.5, 0.6) is 0 Å². The van der Waals surface area contributed by atoms with Crippen molar-refractivity contribution in [2.45, 2.75) is 24.9 Å². The zero-order valence-corrected chi connectivity index (χ0v) is 10.7. The fourth-order valence-corrected chi connectivity index (χ4v) is 2.20. The van der Waals surface area contributed by atoms with Crippen molar-refractivity contribution in [1.29, 1.82) is 0 Å². The summed E-state index contributed by atoms with van der Waals surface area (Å²) in [6.07, 6.45) is -4.15. The molecule has 0 amide bonds. The van der Waals surface area contributed by atoms with E-state index in [-0.39, 0.29) is 12.0 Å². The molecule has 0 unspecified atom stereocenters. The van der Waals surface area contributed by atoms with E-state index < -0.39 is 17.9 Å². The molecule has 2 rings (SSSR count). The highest BCUT2D eigenvalue weighted by Gasteiger charge is 2.40. The Morgan fingerprint density at radius 1 is 0.900 bits per heavy atom. The Bertz CT molecular complexity index is 546. The largest absolute Gasteiger partial charge is 0.395 e. The van der Waals surface area contributed by atoms with Gasteiger partial charge in [-0.2, -0.15) is 13.2 Å². The van der Waals surface area contributed by atoms with E-state index in [9.17, 15) is 17.6 Å². The Morgan fingerprint density at radius 3 is 2.20 bits per heavy atom. The molecule has 2 aromatic rings. The molecule has 0 bridgehead atoms. The number of rotatable bonds is 4. The number of hydrogen-bond acceptors (Lipinski definition) is 0. The lowest BCUT2D eigenvalue weighted by molar-refractivity contribution is -0.151. The Balaban J connectivity index is 2.17. The second-order valence-corrected chi connectivity index (χ2v) is 4.67. The van der Waals surface area contributed by atoms with E-state index >= 15 is 0 Å². The molecule has 4 heteroatoms. The van der Waals surface area contributed by atoms with Crippen LogP contribution in [-0.2, 0) is 6.42 Å². The first-order valence-corrected chi connectivity index (χ1v) is 6.33. The summed E-state index contributed by atoms with van der Waals surface area (Å²) in [5.41, 5.74) is 0.826. The fraction of sp³-hybridized carbons (Fsp3) is 0.250. The first kappa shape index (κ1) is 14.6. The molecule has 0 aliphatic heterocycles. The van der Waals surface area contributed by atoms with Crippen LogP contribution in [0.25, 0.3) is 0 Å². The van der Waals surface area contributed by atoms with Crippen LogP contribution in [0.2, 0.25) is 0 Å². The standard InChI is InChI=1S/C16H14F4/c17-14-8-4-7-13(11-14)15(16(18,19)20)10-9-12-5-2-1-3-6-12/h1-8,11,15H,9-10H2/t15-/m1/s1. The van der Waals surface area contributed by atoms with Gasteiger partial charge in [0, 0.05) is 0 Å². The highest BCUT2D eigenvalue weighted by Crippen LogP contribution is 2.38. The van der Waals surface area contributed by atoms with Gasteiger partial charge in [0.05, 0.1) is 5.92 Å². The lowest BCUT2D eigenvalue weighted by Gasteiger charge is -2.20. The second kappa shape index (κ2) is 6.07. The van der Waals surface area contributed by atoms with Crippen LogP contribution in [0.4, 0.5) is 17.6 Å². The smallest absolute Gasteiger partial charge is 0.207 e.